The number of carbonyl (C=O) groups excluding carboxylic acids is 3. The third kappa shape index (κ3) is 3.82. The molecule has 0 saturated carbocycles. The number of fused-ring (bicyclic) bond motifs is 1. The van der Waals surface area contributed by atoms with E-state index in [1.165, 1.54) is 0 Å². The largest absolute Gasteiger partial charge is 0.460 e. The van der Waals surface area contributed by atoms with Crippen LogP contribution in [-0.2, 0) is 19.1 Å². The molecular formula is C18H21NO5. The van der Waals surface area contributed by atoms with Gasteiger partial charge in [0.25, 0.3) is 5.91 Å². The van der Waals surface area contributed by atoms with Gasteiger partial charge in [0.15, 0.2) is 0 Å². The van der Waals surface area contributed by atoms with Crippen LogP contribution in [0.5, 0.6) is 0 Å². The van der Waals surface area contributed by atoms with Crippen molar-refractivity contribution in [3.8, 4) is 0 Å². The Bertz CT molecular complexity index is 712. The number of imide groups is 1. The van der Waals surface area contributed by atoms with Crippen LogP contribution < -0.4 is 4.90 Å². The molecule has 2 rings (SSSR count). The molecule has 0 atom stereocenters. The van der Waals surface area contributed by atoms with E-state index >= 15 is 0 Å². The summed E-state index contributed by atoms with van der Waals surface area (Å²) < 4.78 is 10.3. The van der Waals surface area contributed by atoms with Gasteiger partial charge in [-0.3, -0.25) is 4.79 Å². The minimum absolute atomic E-state index is 0.113. The van der Waals surface area contributed by atoms with Gasteiger partial charge in [0.1, 0.15) is 5.60 Å². The van der Waals surface area contributed by atoms with Gasteiger partial charge in [-0.25, -0.2) is 14.5 Å². The van der Waals surface area contributed by atoms with Gasteiger partial charge in [0.2, 0.25) is 0 Å². The second kappa shape index (κ2) is 6.47. The minimum atomic E-state index is -0.777. The van der Waals surface area contributed by atoms with Gasteiger partial charge in [0.05, 0.1) is 17.4 Å². The highest BCUT2D eigenvalue weighted by Gasteiger charge is 2.39. The lowest BCUT2D eigenvalue weighted by atomic mass is 10.1. The number of carbonyl (C=O) groups is 3. The van der Waals surface area contributed by atoms with Crippen molar-refractivity contribution in [1.29, 1.82) is 0 Å². The SMILES string of the molecule is CC(C)OC(=O)/C=C1/C(=O)N(C(=O)OC(C)(C)C)c2ccccc21. The molecule has 1 heterocycles. The number of hydrogen-bond donors (Lipinski definition) is 0. The van der Waals surface area contributed by atoms with Crippen molar-refractivity contribution in [2.75, 3.05) is 4.90 Å². The average Bonchev–Trinajstić information content (AvgIpc) is 2.69. The Hall–Kier alpha value is -2.63. The van der Waals surface area contributed by atoms with Crippen LogP contribution in [0.2, 0.25) is 0 Å². The third-order valence-electron chi connectivity index (χ3n) is 3.06. The van der Waals surface area contributed by atoms with Gasteiger partial charge in [-0.05, 0) is 40.7 Å². The molecule has 1 aromatic rings. The smallest absolute Gasteiger partial charge is 0.422 e. The quantitative estimate of drug-likeness (QED) is 0.614. The summed E-state index contributed by atoms with van der Waals surface area (Å²) >= 11 is 0. The van der Waals surface area contributed by atoms with E-state index in [0.29, 0.717) is 11.3 Å². The van der Waals surface area contributed by atoms with E-state index in [9.17, 15) is 14.4 Å². The standard InChI is InChI=1S/C18H21NO5/c1-11(2)23-15(20)10-13-12-8-6-7-9-14(12)19(16(13)21)17(22)24-18(3,4)5/h6-11H,1-5H3/b13-10+. The summed E-state index contributed by atoms with van der Waals surface area (Å²) in [6, 6.07) is 6.74. The second-order valence-electron chi connectivity index (χ2n) is 6.68. The first-order chi connectivity index (χ1) is 11.1. The van der Waals surface area contributed by atoms with Gasteiger partial charge in [-0.2, -0.15) is 0 Å². The summed E-state index contributed by atoms with van der Waals surface area (Å²) in [4.78, 5) is 37.9. The highest BCUT2D eigenvalue weighted by atomic mass is 16.6. The number of ether oxygens (including phenoxy) is 2. The molecule has 1 aromatic carbocycles. The maximum atomic E-state index is 12.7. The van der Waals surface area contributed by atoms with Crippen LogP contribution >= 0.6 is 0 Å². The lowest BCUT2D eigenvalue weighted by Crippen LogP contribution is -2.38. The Morgan fingerprint density at radius 2 is 1.79 bits per heavy atom. The fourth-order valence-corrected chi connectivity index (χ4v) is 2.25. The van der Waals surface area contributed by atoms with E-state index in [-0.39, 0.29) is 11.7 Å². The molecule has 0 aromatic heterocycles. The van der Waals surface area contributed by atoms with Crippen LogP contribution in [0.3, 0.4) is 0 Å². The van der Waals surface area contributed by atoms with Crippen LogP contribution in [0.15, 0.2) is 30.3 Å². The summed E-state index contributed by atoms with van der Waals surface area (Å²) in [6.07, 6.45) is 0.0366. The Kier molecular flexibility index (Phi) is 4.78. The molecule has 24 heavy (non-hydrogen) atoms. The molecule has 6 heteroatoms. The highest BCUT2D eigenvalue weighted by molar-refractivity contribution is 6.40. The number of benzene rings is 1. The van der Waals surface area contributed by atoms with Crippen molar-refractivity contribution >= 4 is 29.2 Å². The van der Waals surface area contributed by atoms with E-state index in [0.717, 1.165) is 11.0 Å². The molecule has 0 N–H and O–H groups in total. The predicted molar refractivity (Wildman–Crippen MR) is 89.4 cm³/mol. The van der Waals surface area contributed by atoms with Crippen LogP contribution in [0.25, 0.3) is 5.57 Å². The fourth-order valence-electron chi connectivity index (χ4n) is 2.25. The van der Waals surface area contributed by atoms with E-state index in [1.807, 2.05) is 0 Å². The summed E-state index contributed by atoms with van der Waals surface area (Å²) in [5.41, 5.74) is 0.256. The number of esters is 1. The van der Waals surface area contributed by atoms with Gasteiger partial charge >= 0.3 is 12.1 Å². The number of amides is 2. The third-order valence-corrected chi connectivity index (χ3v) is 3.06. The Labute approximate surface area is 141 Å². The molecule has 0 bridgehead atoms. The molecule has 2 amide bonds. The van der Waals surface area contributed by atoms with E-state index in [1.54, 1.807) is 58.9 Å². The van der Waals surface area contributed by atoms with Crippen molar-refractivity contribution in [2.45, 2.75) is 46.3 Å². The van der Waals surface area contributed by atoms with Crippen molar-refractivity contribution in [3.05, 3.63) is 35.9 Å². The van der Waals surface area contributed by atoms with Crippen molar-refractivity contribution < 1.29 is 23.9 Å². The lowest BCUT2D eigenvalue weighted by Gasteiger charge is -2.23. The van der Waals surface area contributed by atoms with Crippen molar-refractivity contribution in [2.24, 2.45) is 0 Å². The molecule has 128 valence electrons. The maximum Gasteiger partial charge on any atom is 0.422 e. The normalized spacial score (nSPS) is 15.7. The number of rotatable bonds is 2. The second-order valence-corrected chi connectivity index (χ2v) is 6.68. The highest BCUT2D eigenvalue weighted by Crippen LogP contribution is 2.37. The molecule has 0 unspecified atom stereocenters. The first kappa shape index (κ1) is 17.7. The molecule has 1 aliphatic heterocycles. The minimum Gasteiger partial charge on any atom is -0.460 e. The zero-order valence-electron chi connectivity index (χ0n) is 14.5. The molecule has 0 saturated heterocycles. The van der Waals surface area contributed by atoms with E-state index in [2.05, 4.69) is 0 Å². The summed E-state index contributed by atoms with van der Waals surface area (Å²) in [5, 5.41) is 0. The number of hydrogen-bond acceptors (Lipinski definition) is 5. The summed E-state index contributed by atoms with van der Waals surface area (Å²) in [6.45, 7) is 8.58. The van der Waals surface area contributed by atoms with Gasteiger partial charge in [0, 0.05) is 11.6 Å². The van der Waals surface area contributed by atoms with Crippen molar-refractivity contribution in [1.82, 2.24) is 0 Å². The van der Waals surface area contributed by atoms with Crippen LogP contribution in [0, 0.1) is 0 Å². The first-order valence-corrected chi connectivity index (χ1v) is 7.69. The zero-order chi connectivity index (χ0) is 18.1. The molecule has 0 radical (unpaired) electrons. The average molecular weight is 331 g/mol. The van der Waals surface area contributed by atoms with Gasteiger partial charge < -0.3 is 9.47 Å². The van der Waals surface area contributed by atoms with E-state index in [4.69, 9.17) is 9.47 Å². The monoisotopic (exact) mass is 331 g/mol. The maximum absolute atomic E-state index is 12.7. The van der Waals surface area contributed by atoms with Crippen molar-refractivity contribution in [3.63, 3.8) is 0 Å². The topological polar surface area (TPSA) is 72.9 Å². The Morgan fingerprint density at radius 1 is 1.17 bits per heavy atom. The van der Waals surface area contributed by atoms with Gasteiger partial charge in [-0.15, -0.1) is 0 Å². The number of anilines is 1. The summed E-state index contributed by atoms with van der Waals surface area (Å²) in [5.74, 6) is -1.24. The van der Waals surface area contributed by atoms with Crippen LogP contribution in [0.1, 0.15) is 40.2 Å². The first-order valence-electron chi connectivity index (χ1n) is 7.69. The lowest BCUT2D eigenvalue weighted by molar-refractivity contribution is -0.141. The van der Waals surface area contributed by atoms with Crippen LogP contribution in [-0.4, -0.2) is 29.7 Å². The molecule has 0 aliphatic carbocycles. The summed E-state index contributed by atoms with van der Waals surface area (Å²) in [7, 11) is 0. The number of nitrogens with zero attached hydrogens (tertiary/aromatic N) is 1. The van der Waals surface area contributed by atoms with Gasteiger partial charge in [-0.1, -0.05) is 18.2 Å². The molecule has 6 nitrogen and oxygen atoms in total. The fraction of sp³-hybridized carbons (Fsp3) is 0.389. The number of para-hydroxylation sites is 1. The molecular weight excluding hydrogens is 310 g/mol. The molecule has 0 fully saturated rings. The van der Waals surface area contributed by atoms with Crippen LogP contribution in [0.4, 0.5) is 10.5 Å². The van der Waals surface area contributed by atoms with E-state index < -0.39 is 23.6 Å². The Morgan fingerprint density at radius 3 is 2.38 bits per heavy atom. The molecule has 1 aliphatic rings. The Balaban J connectivity index is 2.41. The predicted octanol–water partition coefficient (Wildman–Crippen LogP) is 3.30. The zero-order valence-corrected chi connectivity index (χ0v) is 14.5. The molecule has 0 spiro atoms.